The first-order valence-corrected chi connectivity index (χ1v) is 8.83. The van der Waals surface area contributed by atoms with E-state index >= 15 is 0 Å². The molecule has 1 aliphatic rings. The second-order valence-electron chi connectivity index (χ2n) is 6.36. The Morgan fingerprint density at radius 3 is 2.84 bits per heavy atom. The molecule has 0 aliphatic heterocycles. The van der Waals surface area contributed by atoms with E-state index in [1.165, 1.54) is 0 Å². The van der Waals surface area contributed by atoms with Gasteiger partial charge in [-0.2, -0.15) is 0 Å². The Morgan fingerprint density at radius 2 is 2.08 bits per heavy atom. The molecule has 0 saturated heterocycles. The average molecular weight is 356 g/mol. The molecule has 0 aromatic heterocycles. The SMILES string of the molecule is CCN(C)C=Nc1cc(Cl)c(Nc2ccc3c(c2)CCC3=O)cc1C. The summed E-state index contributed by atoms with van der Waals surface area (Å²) in [5.74, 6) is 0.231. The summed E-state index contributed by atoms with van der Waals surface area (Å²) in [6.45, 7) is 4.99. The van der Waals surface area contributed by atoms with E-state index in [-0.39, 0.29) is 5.78 Å². The molecule has 1 N–H and O–H groups in total. The molecule has 0 unspecified atom stereocenters. The number of aliphatic imine (C=N–C) groups is 1. The predicted octanol–water partition coefficient (Wildman–Crippen LogP) is 5.13. The standard InChI is InChI=1S/C20H22ClN3O/c1-4-24(3)12-22-18-11-17(21)19(9-13(18)2)23-15-6-7-16-14(10-15)5-8-20(16)25/h6-7,9-12,23H,4-5,8H2,1-3H3. The lowest BCUT2D eigenvalue weighted by atomic mass is 10.1. The van der Waals surface area contributed by atoms with E-state index in [4.69, 9.17) is 11.6 Å². The molecule has 0 spiro atoms. The number of nitrogens with zero attached hydrogens (tertiary/aromatic N) is 2. The lowest BCUT2D eigenvalue weighted by molar-refractivity contribution is 0.0994. The maximum Gasteiger partial charge on any atom is 0.163 e. The predicted molar refractivity (Wildman–Crippen MR) is 105 cm³/mol. The van der Waals surface area contributed by atoms with Gasteiger partial charge in [-0.3, -0.25) is 4.79 Å². The van der Waals surface area contributed by atoms with Crippen molar-refractivity contribution >= 4 is 40.8 Å². The lowest BCUT2D eigenvalue weighted by Crippen LogP contribution is -2.14. The molecule has 0 radical (unpaired) electrons. The number of benzene rings is 2. The molecule has 2 aromatic rings. The van der Waals surface area contributed by atoms with Crippen molar-refractivity contribution in [3.8, 4) is 0 Å². The van der Waals surface area contributed by atoms with E-state index in [1.54, 1.807) is 0 Å². The normalized spacial score (nSPS) is 13.4. The second-order valence-corrected chi connectivity index (χ2v) is 6.76. The zero-order valence-electron chi connectivity index (χ0n) is 14.8. The number of rotatable bonds is 5. The van der Waals surface area contributed by atoms with Crippen molar-refractivity contribution in [1.29, 1.82) is 0 Å². The largest absolute Gasteiger partial charge is 0.366 e. The van der Waals surface area contributed by atoms with Crippen LogP contribution in [0.4, 0.5) is 17.1 Å². The first-order chi connectivity index (χ1) is 12.0. The van der Waals surface area contributed by atoms with Crippen LogP contribution in [0.25, 0.3) is 0 Å². The molecule has 0 saturated carbocycles. The molecule has 2 aromatic carbocycles. The summed E-state index contributed by atoms with van der Waals surface area (Å²) in [5.41, 5.74) is 5.63. The van der Waals surface area contributed by atoms with Crippen molar-refractivity contribution in [2.45, 2.75) is 26.7 Å². The highest BCUT2D eigenvalue weighted by Gasteiger charge is 2.19. The van der Waals surface area contributed by atoms with Crippen LogP contribution in [-0.2, 0) is 6.42 Å². The van der Waals surface area contributed by atoms with Crippen LogP contribution in [0.1, 0.15) is 34.8 Å². The van der Waals surface area contributed by atoms with E-state index in [9.17, 15) is 4.79 Å². The van der Waals surface area contributed by atoms with Gasteiger partial charge in [0.05, 0.1) is 22.7 Å². The zero-order valence-corrected chi connectivity index (χ0v) is 15.5. The van der Waals surface area contributed by atoms with Gasteiger partial charge in [0.15, 0.2) is 5.78 Å². The fraction of sp³-hybridized carbons (Fsp3) is 0.300. The van der Waals surface area contributed by atoms with Crippen LogP contribution >= 0.6 is 11.6 Å². The number of anilines is 2. The van der Waals surface area contributed by atoms with Gasteiger partial charge in [0.1, 0.15) is 0 Å². The number of Topliss-reactive ketones (excluding diaryl/α,β-unsaturated/α-hetero) is 1. The van der Waals surface area contributed by atoms with Gasteiger partial charge in [-0.05, 0) is 61.7 Å². The smallest absolute Gasteiger partial charge is 0.163 e. The Kier molecular flexibility index (Phi) is 5.09. The third-order valence-electron chi connectivity index (χ3n) is 4.48. The van der Waals surface area contributed by atoms with Crippen LogP contribution in [0.3, 0.4) is 0 Å². The van der Waals surface area contributed by atoms with Gasteiger partial charge in [0.25, 0.3) is 0 Å². The van der Waals surface area contributed by atoms with Crippen LogP contribution in [0.2, 0.25) is 5.02 Å². The number of fused-ring (bicyclic) bond motifs is 1. The minimum atomic E-state index is 0.231. The highest BCUT2D eigenvalue weighted by Crippen LogP contribution is 2.34. The quantitative estimate of drug-likeness (QED) is 0.597. The fourth-order valence-corrected chi connectivity index (χ4v) is 3.04. The first-order valence-electron chi connectivity index (χ1n) is 8.45. The molecule has 0 amide bonds. The molecule has 25 heavy (non-hydrogen) atoms. The molecule has 130 valence electrons. The topological polar surface area (TPSA) is 44.7 Å². The Labute approximate surface area is 153 Å². The molecule has 1 aliphatic carbocycles. The van der Waals surface area contributed by atoms with E-state index in [0.717, 1.165) is 46.7 Å². The molecule has 3 rings (SSSR count). The molecule has 4 nitrogen and oxygen atoms in total. The van der Waals surface area contributed by atoms with Crippen molar-refractivity contribution in [3.05, 3.63) is 52.0 Å². The zero-order chi connectivity index (χ0) is 18.0. The van der Waals surface area contributed by atoms with Crippen LogP contribution in [0.15, 0.2) is 35.3 Å². The fourth-order valence-electron chi connectivity index (χ4n) is 2.84. The molecule has 5 heteroatoms. The van der Waals surface area contributed by atoms with Crippen LogP contribution in [-0.4, -0.2) is 30.6 Å². The van der Waals surface area contributed by atoms with E-state index < -0.39 is 0 Å². The van der Waals surface area contributed by atoms with Gasteiger partial charge in [-0.25, -0.2) is 4.99 Å². The lowest BCUT2D eigenvalue weighted by Gasteiger charge is -2.13. The molecular weight excluding hydrogens is 334 g/mol. The molecule has 0 atom stereocenters. The van der Waals surface area contributed by atoms with E-state index in [1.807, 2.05) is 55.5 Å². The van der Waals surface area contributed by atoms with Crippen LogP contribution < -0.4 is 5.32 Å². The second kappa shape index (κ2) is 7.28. The highest BCUT2D eigenvalue weighted by molar-refractivity contribution is 6.33. The van der Waals surface area contributed by atoms with Crippen molar-refractivity contribution in [1.82, 2.24) is 4.90 Å². The van der Waals surface area contributed by atoms with Crippen LogP contribution in [0.5, 0.6) is 0 Å². The Bertz CT molecular complexity index is 845. The third kappa shape index (κ3) is 3.85. The number of ketones is 1. The first kappa shape index (κ1) is 17.5. The van der Waals surface area contributed by atoms with E-state index in [2.05, 4.69) is 17.2 Å². The summed E-state index contributed by atoms with van der Waals surface area (Å²) in [4.78, 5) is 18.2. The van der Waals surface area contributed by atoms with E-state index in [0.29, 0.717) is 11.4 Å². The Morgan fingerprint density at radius 1 is 1.28 bits per heavy atom. The molecule has 0 fully saturated rings. The molecule has 0 bridgehead atoms. The number of aryl methyl sites for hydroxylation is 2. The van der Waals surface area contributed by atoms with Gasteiger partial charge >= 0.3 is 0 Å². The van der Waals surface area contributed by atoms with Gasteiger partial charge in [-0.1, -0.05) is 11.6 Å². The van der Waals surface area contributed by atoms with Gasteiger partial charge in [-0.15, -0.1) is 0 Å². The summed E-state index contributed by atoms with van der Waals surface area (Å²) < 4.78 is 0. The van der Waals surface area contributed by atoms with Crippen molar-refractivity contribution < 1.29 is 4.79 Å². The number of halogens is 1. The summed E-state index contributed by atoms with van der Waals surface area (Å²) >= 11 is 6.44. The number of hydrogen-bond donors (Lipinski definition) is 1. The summed E-state index contributed by atoms with van der Waals surface area (Å²) in [6.07, 6.45) is 3.23. The monoisotopic (exact) mass is 355 g/mol. The van der Waals surface area contributed by atoms with Gasteiger partial charge < -0.3 is 10.2 Å². The number of carbonyl (C=O) groups excluding carboxylic acids is 1. The summed E-state index contributed by atoms with van der Waals surface area (Å²) in [7, 11) is 1.98. The highest BCUT2D eigenvalue weighted by atomic mass is 35.5. The van der Waals surface area contributed by atoms with Crippen LogP contribution in [0, 0.1) is 6.92 Å². The number of carbonyl (C=O) groups is 1. The maximum absolute atomic E-state index is 11.7. The summed E-state index contributed by atoms with van der Waals surface area (Å²) in [5, 5.41) is 3.97. The minimum Gasteiger partial charge on any atom is -0.366 e. The van der Waals surface area contributed by atoms with Crippen molar-refractivity contribution in [3.63, 3.8) is 0 Å². The summed E-state index contributed by atoms with van der Waals surface area (Å²) in [6, 6.07) is 9.73. The van der Waals surface area contributed by atoms with Crippen molar-refractivity contribution in [2.75, 3.05) is 18.9 Å². The number of nitrogens with one attached hydrogen (secondary N) is 1. The average Bonchev–Trinajstić information content (AvgIpc) is 2.97. The minimum absolute atomic E-state index is 0.231. The maximum atomic E-state index is 11.7. The Hall–Kier alpha value is -2.33. The molecule has 0 heterocycles. The van der Waals surface area contributed by atoms with Gasteiger partial charge in [0.2, 0.25) is 0 Å². The van der Waals surface area contributed by atoms with Gasteiger partial charge in [0, 0.05) is 31.3 Å². The number of hydrogen-bond acceptors (Lipinski definition) is 3. The van der Waals surface area contributed by atoms with Crippen molar-refractivity contribution in [2.24, 2.45) is 4.99 Å². The third-order valence-corrected chi connectivity index (χ3v) is 4.80. The molecular formula is C20H22ClN3O. The Balaban J connectivity index is 1.83.